The van der Waals surface area contributed by atoms with E-state index < -0.39 is 5.97 Å². The monoisotopic (exact) mass is 308 g/mol. The summed E-state index contributed by atoms with van der Waals surface area (Å²) < 4.78 is 0. The maximum atomic E-state index is 10.7. The number of nitrogens with zero attached hydrogens (tertiary/aromatic N) is 2. The Balaban J connectivity index is 1.98. The number of carboxylic acids is 1. The van der Waals surface area contributed by atoms with Crippen molar-refractivity contribution in [2.75, 3.05) is 0 Å². The summed E-state index contributed by atoms with van der Waals surface area (Å²) in [6, 6.07) is 3.30. The Morgan fingerprint density at radius 3 is 2.65 bits per heavy atom. The first kappa shape index (κ1) is 15.0. The predicted octanol–water partition coefficient (Wildman–Crippen LogP) is 3.83. The van der Waals surface area contributed by atoms with Gasteiger partial charge in [-0.3, -0.25) is 0 Å². The van der Waals surface area contributed by atoms with Crippen molar-refractivity contribution >= 4 is 29.1 Å². The summed E-state index contributed by atoms with van der Waals surface area (Å²) in [6.45, 7) is 6.44. The van der Waals surface area contributed by atoms with Crippen molar-refractivity contribution in [1.29, 1.82) is 0 Å². The first-order valence-electron chi connectivity index (χ1n) is 6.13. The van der Waals surface area contributed by atoms with E-state index in [-0.39, 0.29) is 11.0 Å². The van der Waals surface area contributed by atoms with Crippen molar-refractivity contribution in [3.8, 4) is 0 Å². The Bertz CT molecular complexity index is 600. The highest BCUT2D eigenvalue weighted by Gasteiger charge is 2.17. The molecule has 0 spiro atoms. The Hall–Kier alpha value is -1.40. The van der Waals surface area contributed by atoms with Crippen molar-refractivity contribution in [1.82, 2.24) is 9.97 Å². The number of hydrogen-bond donors (Lipinski definition) is 1. The van der Waals surface area contributed by atoms with Crippen molar-refractivity contribution in [2.45, 2.75) is 37.0 Å². The second kappa shape index (κ2) is 5.93. The van der Waals surface area contributed by atoms with Gasteiger partial charge in [0.15, 0.2) is 0 Å². The fourth-order valence-electron chi connectivity index (χ4n) is 1.46. The zero-order chi connectivity index (χ0) is 14.8. The molecule has 0 amide bonds. The van der Waals surface area contributed by atoms with E-state index >= 15 is 0 Å². The number of aromatic carboxylic acids is 1. The van der Waals surface area contributed by atoms with E-state index in [1.807, 2.05) is 0 Å². The number of thioether (sulfide) groups is 1. The maximum absolute atomic E-state index is 10.7. The molecule has 4 nitrogen and oxygen atoms in total. The summed E-state index contributed by atoms with van der Waals surface area (Å²) in [4.78, 5) is 19.5. The van der Waals surface area contributed by atoms with Gasteiger partial charge in [0, 0.05) is 22.7 Å². The molecular weight excluding hydrogens is 292 g/mol. The van der Waals surface area contributed by atoms with Crippen LogP contribution in [0.5, 0.6) is 0 Å². The van der Waals surface area contributed by atoms with Gasteiger partial charge in [0.05, 0.1) is 21.3 Å². The van der Waals surface area contributed by atoms with Gasteiger partial charge in [0.25, 0.3) is 0 Å². The number of aromatic nitrogens is 2. The summed E-state index contributed by atoms with van der Waals surface area (Å²) >= 11 is 3.23. The third kappa shape index (κ3) is 3.80. The fraction of sp³-hybridized carbons (Fsp3) is 0.357. The first-order valence-corrected chi connectivity index (χ1v) is 8.00. The molecule has 0 aliphatic heterocycles. The molecule has 2 heterocycles. The third-order valence-corrected chi connectivity index (χ3v) is 4.84. The molecule has 0 unspecified atom stereocenters. The highest BCUT2D eigenvalue weighted by atomic mass is 32.2. The molecule has 0 saturated carbocycles. The molecular formula is C14H16N2O2S2. The number of thiazole rings is 1. The van der Waals surface area contributed by atoms with Crippen LogP contribution in [0.4, 0.5) is 0 Å². The van der Waals surface area contributed by atoms with Crippen LogP contribution >= 0.6 is 23.1 Å². The van der Waals surface area contributed by atoms with Crippen molar-refractivity contribution < 1.29 is 9.90 Å². The molecule has 0 aliphatic rings. The lowest BCUT2D eigenvalue weighted by atomic mass is 9.98. The smallest absolute Gasteiger partial charge is 0.337 e. The minimum Gasteiger partial charge on any atom is -0.478 e. The van der Waals surface area contributed by atoms with E-state index in [9.17, 15) is 4.79 Å². The van der Waals surface area contributed by atoms with Gasteiger partial charge in [-0.2, -0.15) is 0 Å². The quantitative estimate of drug-likeness (QED) is 0.870. The van der Waals surface area contributed by atoms with Gasteiger partial charge in [-0.05, 0) is 12.1 Å². The van der Waals surface area contributed by atoms with Gasteiger partial charge < -0.3 is 5.11 Å². The molecule has 0 radical (unpaired) electrons. The minimum absolute atomic E-state index is 0.0783. The molecule has 0 aromatic carbocycles. The van der Waals surface area contributed by atoms with Crippen molar-refractivity contribution in [3.63, 3.8) is 0 Å². The van der Waals surface area contributed by atoms with E-state index in [4.69, 9.17) is 5.11 Å². The van der Waals surface area contributed by atoms with E-state index in [2.05, 4.69) is 36.1 Å². The van der Waals surface area contributed by atoms with Crippen LogP contribution in [0.25, 0.3) is 0 Å². The lowest BCUT2D eigenvalue weighted by molar-refractivity contribution is 0.0696. The Morgan fingerprint density at radius 1 is 1.40 bits per heavy atom. The van der Waals surface area contributed by atoms with Crippen LogP contribution in [-0.4, -0.2) is 21.0 Å². The van der Waals surface area contributed by atoms with Gasteiger partial charge in [0.1, 0.15) is 0 Å². The molecule has 6 heteroatoms. The Kier molecular flexibility index (Phi) is 4.45. The SMILES string of the molecule is CC(C)(C)c1nc(CSc2ccc(C(=O)O)cn2)cs1. The zero-order valence-corrected chi connectivity index (χ0v) is 13.2. The number of rotatable bonds is 4. The largest absolute Gasteiger partial charge is 0.478 e. The van der Waals surface area contributed by atoms with Crippen molar-refractivity contribution in [3.05, 3.63) is 40.0 Å². The Labute approximate surface area is 126 Å². The highest BCUT2D eigenvalue weighted by molar-refractivity contribution is 7.98. The summed E-state index contributed by atoms with van der Waals surface area (Å²) in [6.07, 6.45) is 1.38. The van der Waals surface area contributed by atoms with E-state index in [1.165, 1.54) is 6.20 Å². The second-order valence-corrected chi connectivity index (χ2v) is 7.23. The molecule has 2 rings (SSSR count). The standard InChI is InChI=1S/C14H16N2O2S2/c1-14(2,3)13-16-10(8-20-13)7-19-11-5-4-9(6-15-11)12(17)18/h4-6,8H,7H2,1-3H3,(H,17,18). The lowest BCUT2D eigenvalue weighted by Gasteiger charge is -2.13. The molecule has 0 bridgehead atoms. The summed E-state index contributed by atoms with van der Waals surface area (Å²) in [5.74, 6) is -0.213. The van der Waals surface area contributed by atoms with Crippen LogP contribution in [0.3, 0.4) is 0 Å². The first-order chi connectivity index (χ1) is 9.36. The van der Waals surface area contributed by atoms with Gasteiger partial charge in [-0.1, -0.05) is 20.8 Å². The number of hydrogen-bond acceptors (Lipinski definition) is 5. The van der Waals surface area contributed by atoms with E-state index in [1.54, 1.807) is 35.2 Å². The van der Waals surface area contributed by atoms with Gasteiger partial charge in [0.2, 0.25) is 0 Å². The summed E-state index contributed by atoms with van der Waals surface area (Å²) in [7, 11) is 0. The third-order valence-electron chi connectivity index (χ3n) is 2.54. The average molecular weight is 308 g/mol. The second-order valence-electron chi connectivity index (χ2n) is 5.37. The van der Waals surface area contributed by atoms with E-state index in [0.29, 0.717) is 0 Å². The molecule has 0 atom stereocenters. The van der Waals surface area contributed by atoms with Crippen LogP contribution in [0.2, 0.25) is 0 Å². The van der Waals surface area contributed by atoms with Crippen LogP contribution in [0, 0.1) is 0 Å². The average Bonchev–Trinajstić information content (AvgIpc) is 2.85. The van der Waals surface area contributed by atoms with Gasteiger partial charge in [-0.15, -0.1) is 23.1 Å². The van der Waals surface area contributed by atoms with E-state index in [0.717, 1.165) is 21.5 Å². The summed E-state index contributed by atoms with van der Waals surface area (Å²) in [5, 5.41) is 12.8. The summed E-state index contributed by atoms with van der Waals surface area (Å²) in [5.41, 5.74) is 1.32. The van der Waals surface area contributed by atoms with Crippen LogP contribution in [0.15, 0.2) is 28.7 Å². The molecule has 0 fully saturated rings. The predicted molar refractivity (Wildman–Crippen MR) is 81.6 cm³/mol. The van der Waals surface area contributed by atoms with Crippen molar-refractivity contribution in [2.24, 2.45) is 0 Å². The zero-order valence-electron chi connectivity index (χ0n) is 11.6. The molecule has 2 aromatic heterocycles. The molecule has 1 N–H and O–H groups in total. The molecule has 2 aromatic rings. The Morgan fingerprint density at radius 2 is 2.15 bits per heavy atom. The van der Waals surface area contributed by atoms with Crippen LogP contribution < -0.4 is 0 Å². The van der Waals surface area contributed by atoms with Gasteiger partial charge >= 0.3 is 5.97 Å². The highest BCUT2D eigenvalue weighted by Crippen LogP contribution is 2.28. The topological polar surface area (TPSA) is 63.1 Å². The normalized spacial score (nSPS) is 11.6. The molecule has 106 valence electrons. The van der Waals surface area contributed by atoms with Crippen LogP contribution in [-0.2, 0) is 11.2 Å². The van der Waals surface area contributed by atoms with Gasteiger partial charge in [-0.25, -0.2) is 14.8 Å². The van der Waals surface area contributed by atoms with Crippen LogP contribution in [0.1, 0.15) is 41.8 Å². The lowest BCUT2D eigenvalue weighted by Crippen LogP contribution is -2.10. The maximum Gasteiger partial charge on any atom is 0.337 e. The number of pyridine rings is 1. The number of carboxylic acid groups (broad SMARTS) is 1. The fourth-order valence-corrected chi connectivity index (χ4v) is 3.21. The molecule has 20 heavy (non-hydrogen) atoms. The molecule has 0 saturated heterocycles. The molecule has 0 aliphatic carbocycles. The number of carbonyl (C=O) groups is 1. The minimum atomic E-state index is -0.955.